The van der Waals surface area contributed by atoms with Gasteiger partial charge in [0.25, 0.3) is 0 Å². The molecule has 2 atom stereocenters. The standard InChI is InChI=1S/C16H33NO4/c1-4-7-15(5-2)17(8-11-20-13-10-18)9-12-21-16(6-3)14-19/h6,15-16,18-19H,3-5,7-14H2,1-2H3. The molecule has 0 aliphatic carbocycles. The Kier molecular flexibility index (Phi) is 14.2. The predicted molar refractivity (Wildman–Crippen MR) is 85.5 cm³/mol. The molecule has 0 amide bonds. The minimum atomic E-state index is -0.288. The highest BCUT2D eigenvalue weighted by Crippen LogP contribution is 2.11. The predicted octanol–water partition coefficient (Wildman–Crippen LogP) is 1.44. The van der Waals surface area contributed by atoms with Gasteiger partial charge in [-0.2, -0.15) is 0 Å². The molecule has 5 nitrogen and oxygen atoms in total. The van der Waals surface area contributed by atoms with Gasteiger partial charge in [0.2, 0.25) is 0 Å². The Hall–Kier alpha value is -0.460. The number of hydrogen-bond acceptors (Lipinski definition) is 5. The molecule has 0 fully saturated rings. The van der Waals surface area contributed by atoms with Crippen molar-refractivity contribution in [2.24, 2.45) is 0 Å². The Bertz CT molecular complexity index is 238. The number of aliphatic hydroxyl groups is 2. The third-order valence-electron chi connectivity index (χ3n) is 3.52. The van der Waals surface area contributed by atoms with E-state index in [0.717, 1.165) is 32.4 Å². The molecule has 0 saturated heterocycles. The van der Waals surface area contributed by atoms with Gasteiger partial charge in [-0.1, -0.05) is 26.3 Å². The molecule has 0 aromatic heterocycles. The number of ether oxygens (including phenoxy) is 2. The van der Waals surface area contributed by atoms with E-state index >= 15 is 0 Å². The molecule has 126 valence electrons. The van der Waals surface area contributed by atoms with Gasteiger partial charge in [-0.15, -0.1) is 6.58 Å². The highest BCUT2D eigenvalue weighted by molar-refractivity contribution is 4.79. The van der Waals surface area contributed by atoms with E-state index in [-0.39, 0.29) is 19.3 Å². The van der Waals surface area contributed by atoms with Crippen LogP contribution in [0, 0.1) is 0 Å². The van der Waals surface area contributed by atoms with Crippen LogP contribution >= 0.6 is 0 Å². The van der Waals surface area contributed by atoms with Gasteiger partial charge in [-0.3, -0.25) is 4.90 Å². The van der Waals surface area contributed by atoms with Crippen molar-refractivity contribution < 1.29 is 19.7 Å². The molecule has 0 aromatic carbocycles. The molecule has 0 aliphatic rings. The van der Waals surface area contributed by atoms with Gasteiger partial charge in [0, 0.05) is 19.1 Å². The Morgan fingerprint density at radius 1 is 1.14 bits per heavy atom. The number of rotatable bonds is 15. The van der Waals surface area contributed by atoms with Crippen LogP contribution in [0.4, 0.5) is 0 Å². The van der Waals surface area contributed by atoms with Gasteiger partial charge in [0.1, 0.15) is 0 Å². The summed E-state index contributed by atoms with van der Waals surface area (Å²) in [6, 6.07) is 0.521. The van der Waals surface area contributed by atoms with Crippen molar-refractivity contribution >= 4 is 0 Å². The van der Waals surface area contributed by atoms with Crippen LogP contribution in [0.25, 0.3) is 0 Å². The fourth-order valence-corrected chi connectivity index (χ4v) is 2.32. The van der Waals surface area contributed by atoms with E-state index in [2.05, 4.69) is 25.3 Å². The molecule has 0 spiro atoms. The fraction of sp³-hybridized carbons (Fsp3) is 0.875. The molecular formula is C16H33NO4. The topological polar surface area (TPSA) is 62.2 Å². The Morgan fingerprint density at radius 3 is 2.38 bits per heavy atom. The van der Waals surface area contributed by atoms with Crippen molar-refractivity contribution in [3.8, 4) is 0 Å². The van der Waals surface area contributed by atoms with Crippen LogP contribution in [-0.4, -0.2) is 73.4 Å². The minimum absolute atomic E-state index is 0.0325. The van der Waals surface area contributed by atoms with Crippen molar-refractivity contribution in [3.63, 3.8) is 0 Å². The number of nitrogens with zero attached hydrogens (tertiary/aromatic N) is 1. The normalized spacial score (nSPS) is 14.3. The first kappa shape index (κ1) is 20.5. The summed E-state index contributed by atoms with van der Waals surface area (Å²) in [7, 11) is 0. The second-order valence-electron chi connectivity index (χ2n) is 5.05. The third-order valence-corrected chi connectivity index (χ3v) is 3.52. The lowest BCUT2D eigenvalue weighted by atomic mass is 10.1. The average molecular weight is 303 g/mol. The lowest BCUT2D eigenvalue weighted by Gasteiger charge is -2.31. The maximum Gasteiger partial charge on any atom is 0.0984 e. The van der Waals surface area contributed by atoms with Gasteiger partial charge in [-0.05, 0) is 12.8 Å². The average Bonchev–Trinajstić information content (AvgIpc) is 2.51. The van der Waals surface area contributed by atoms with E-state index in [0.29, 0.717) is 25.9 Å². The maximum absolute atomic E-state index is 9.08. The monoisotopic (exact) mass is 303 g/mol. The summed E-state index contributed by atoms with van der Waals surface area (Å²) in [5, 5.41) is 17.8. The summed E-state index contributed by atoms with van der Waals surface area (Å²) in [5.74, 6) is 0. The first-order valence-corrected chi connectivity index (χ1v) is 8.01. The molecular weight excluding hydrogens is 270 g/mol. The van der Waals surface area contributed by atoms with Crippen molar-refractivity contribution in [2.45, 2.75) is 45.3 Å². The SMILES string of the molecule is C=CC(CO)OCCN(CCOCCO)C(CC)CCC. The molecule has 0 heterocycles. The Balaban J connectivity index is 4.24. The fourth-order valence-electron chi connectivity index (χ4n) is 2.32. The molecule has 2 unspecified atom stereocenters. The van der Waals surface area contributed by atoms with Gasteiger partial charge < -0.3 is 19.7 Å². The minimum Gasteiger partial charge on any atom is -0.394 e. The molecule has 21 heavy (non-hydrogen) atoms. The summed E-state index contributed by atoms with van der Waals surface area (Å²) in [4.78, 5) is 2.37. The smallest absolute Gasteiger partial charge is 0.0984 e. The van der Waals surface area contributed by atoms with Crippen LogP contribution in [-0.2, 0) is 9.47 Å². The number of hydrogen-bond donors (Lipinski definition) is 2. The largest absolute Gasteiger partial charge is 0.394 e. The molecule has 0 radical (unpaired) electrons. The van der Waals surface area contributed by atoms with Gasteiger partial charge >= 0.3 is 0 Å². The van der Waals surface area contributed by atoms with Crippen molar-refractivity contribution in [1.29, 1.82) is 0 Å². The van der Waals surface area contributed by atoms with Crippen LogP contribution in [0.1, 0.15) is 33.1 Å². The van der Waals surface area contributed by atoms with Gasteiger partial charge in [-0.25, -0.2) is 0 Å². The Labute approximate surface area is 129 Å². The molecule has 0 saturated carbocycles. The molecule has 2 N–H and O–H groups in total. The number of aliphatic hydroxyl groups excluding tert-OH is 2. The van der Waals surface area contributed by atoms with E-state index in [1.165, 1.54) is 0 Å². The van der Waals surface area contributed by atoms with E-state index in [1.807, 2.05) is 0 Å². The summed E-state index contributed by atoms with van der Waals surface area (Å²) in [5.41, 5.74) is 0. The zero-order valence-corrected chi connectivity index (χ0v) is 13.7. The second kappa shape index (κ2) is 14.5. The van der Waals surface area contributed by atoms with E-state index in [9.17, 15) is 0 Å². The first-order valence-electron chi connectivity index (χ1n) is 8.01. The molecule has 0 aromatic rings. The van der Waals surface area contributed by atoms with Gasteiger partial charge in [0.15, 0.2) is 0 Å². The molecule has 0 rings (SSSR count). The highest BCUT2D eigenvalue weighted by Gasteiger charge is 2.16. The second-order valence-corrected chi connectivity index (χ2v) is 5.05. The van der Waals surface area contributed by atoms with Crippen LogP contribution in [0.2, 0.25) is 0 Å². The molecule has 0 aliphatic heterocycles. The Morgan fingerprint density at radius 2 is 1.86 bits per heavy atom. The quantitative estimate of drug-likeness (QED) is 0.354. The molecule has 5 heteroatoms. The van der Waals surface area contributed by atoms with E-state index in [4.69, 9.17) is 19.7 Å². The first-order chi connectivity index (χ1) is 10.2. The third kappa shape index (κ3) is 9.98. The zero-order chi connectivity index (χ0) is 15.9. The van der Waals surface area contributed by atoms with Crippen LogP contribution in [0.3, 0.4) is 0 Å². The molecule has 0 bridgehead atoms. The summed E-state index contributed by atoms with van der Waals surface area (Å²) >= 11 is 0. The van der Waals surface area contributed by atoms with Crippen LogP contribution in [0.5, 0.6) is 0 Å². The highest BCUT2D eigenvalue weighted by atomic mass is 16.5. The van der Waals surface area contributed by atoms with Crippen molar-refractivity contribution in [1.82, 2.24) is 4.90 Å². The lowest BCUT2D eigenvalue weighted by molar-refractivity contribution is 0.0120. The zero-order valence-electron chi connectivity index (χ0n) is 13.7. The van der Waals surface area contributed by atoms with Crippen molar-refractivity contribution in [2.75, 3.05) is 46.1 Å². The lowest BCUT2D eigenvalue weighted by Crippen LogP contribution is -2.40. The maximum atomic E-state index is 9.08. The summed E-state index contributed by atoms with van der Waals surface area (Å²) in [6.45, 7) is 11.3. The summed E-state index contributed by atoms with van der Waals surface area (Å²) < 4.78 is 10.9. The van der Waals surface area contributed by atoms with Gasteiger partial charge in [0.05, 0.1) is 39.1 Å². The van der Waals surface area contributed by atoms with E-state index in [1.54, 1.807) is 6.08 Å². The van der Waals surface area contributed by atoms with E-state index < -0.39 is 0 Å². The summed E-state index contributed by atoms with van der Waals surface area (Å²) in [6.07, 6.45) is 4.74. The van der Waals surface area contributed by atoms with Crippen LogP contribution in [0.15, 0.2) is 12.7 Å². The van der Waals surface area contributed by atoms with Crippen molar-refractivity contribution in [3.05, 3.63) is 12.7 Å². The van der Waals surface area contributed by atoms with Crippen LogP contribution < -0.4 is 0 Å².